The predicted molar refractivity (Wildman–Crippen MR) is 78.1 cm³/mol. The Morgan fingerprint density at radius 3 is 2.21 bits per heavy atom. The van der Waals surface area contributed by atoms with Crippen molar-refractivity contribution in [3.8, 4) is 0 Å². The van der Waals surface area contributed by atoms with Crippen molar-refractivity contribution in [2.75, 3.05) is 0 Å². The van der Waals surface area contributed by atoms with Crippen LogP contribution in [0.25, 0.3) is 0 Å². The maximum atomic E-state index is 13.1. The van der Waals surface area contributed by atoms with Crippen LogP contribution in [-0.4, -0.2) is 0 Å². The summed E-state index contributed by atoms with van der Waals surface area (Å²) in [5.74, 6) is -0.250. The molecule has 0 amide bonds. The molecule has 0 bridgehead atoms. The smallest absolute Gasteiger partial charge is 0.123 e. The van der Waals surface area contributed by atoms with Gasteiger partial charge in [0, 0.05) is 5.02 Å². The molecule has 3 heteroatoms. The fourth-order valence-corrected chi connectivity index (χ4v) is 2.53. The van der Waals surface area contributed by atoms with Crippen LogP contribution in [-0.2, 0) is 0 Å². The number of nitrogens with two attached hydrogens (primary N) is 1. The SMILES string of the molecule is Cc1cc(Cl)c(C(N)c2ccc(F)cc2C)cc1C. The molecule has 100 valence electrons. The molecule has 0 radical (unpaired) electrons. The van der Waals surface area contributed by atoms with Crippen LogP contribution in [0.15, 0.2) is 30.3 Å². The highest BCUT2D eigenvalue weighted by Gasteiger charge is 2.16. The third kappa shape index (κ3) is 2.80. The van der Waals surface area contributed by atoms with E-state index >= 15 is 0 Å². The first-order valence-electron chi connectivity index (χ1n) is 6.18. The van der Waals surface area contributed by atoms with E-state index in [1.165, 1.54) is 12.1 Å². The molecular weight excluding hydrogens is 261 g/mol. The van der Waals surface area contributed by atoms with Gasteiger partial charge in [-0.2, -0.15) is 0 Å². The zero-order valence-corrected chi connectivity index (χ0v) is 12.1. The van der Waals surface area contributed by atoms with E-state index in [0.717, 1.165) is 27.8 Å². The van der Waals surface area contributed by atoms with Gasteiger partial charge >= 0.3 is 0 Å². The van der Waals surface area contributed by atoms with Gasteiger partial charge in [-0.05, 0) is 66.8 Å². The molecule has 0 spiro atoms. The van der Waals surface area contributed by atoms with Gasteiger partial charge in [-0.1, -0.05) is 23.7 Å². The Kier molecular flexibility index (Phi) is 3.93. The van der Waals surface area contributed by atoms with Gasteiger partial charge in [0.05, 0.1) is 6.04 Å². The highest BCUT2D eigenvalue weighted by atomic mass is 35.5. The molecule has 1 atom stereocenters. The lowest BCUT2D eigenvalue weighted by molar-refractivity contribution is 0.624. The van der Waals surface area contributed by atoms with Crippen molar-refractivity contribution >= 4 is 11.6 Å². The third-order valence-electron chi connectivity index (χ3n) is 3.51. The summed E-state index contributed by atoms with van der Waals surface area (Å²) in [5.41, 5.74) is 11.2. The van der Waals surface area contributed by atoms with Crippen LogP contribution >= 0.6 is 11.6 Å². The van der Waals surface area contributed by atoms with Gasteiger partial charge in [0.2, 0.25) is 0 Å². The van der Waals surface area contributed by atoms with Gasteiger partial charge in [0.15, 0.2) is 0 Å². The van der Waals surface area contributed by atoms with Crippen molar-refractivity contribution in [2.45, 2.75) is 26.8 Å². The van der Waals surface area contributed by atoms with Crippen LogP contribution < -0.4 is 5.73 Å². The average molecular weight is 278 g/mol. The van der Waals surface area contributed by atoms with Crippen LogP contribution in [0, 0.1) is 26.6 Å². The Hall–Kier alpha value is -1.38. The summed E-state index contributed by atoms with van der Waals surface area (Å²) in [5, 5.41) is 0.652. The van der Waals surface area contributed by atoms with Crippen molar-refractivity contribution in [2.24, 2.45) is 5.73 Å². The lowest BCUT2D eigenvalue weighted by Crippen LogP contribution is -2.14. The summed E-state index contributed by atoms with van der Waals surface area (Å²) >= 11 is 6.28. The zero-order chi connectivity index (χ0) is 14.2. The molecule has 0 aromatic heterocycles. The number of hydrogen-bond donors (Lipinski definition) is 1. The molecule has 2 aromatic carbocycles. The van der Waals surface area contributed by atoms with Crippen molar-refractivity contribution in [3.05, 3.63) is 69.0 Å². The minimum Gasteiger partial charge on any atom is -0.320 e. The van der Waals surface area contributed by atoms with Gasteiger partial charge in [-0.15, -0.1) is 0 Å². The summed E-state index contributed by atoms with van der Waals surface area (Å²) in [6.45, 7) is 5.90. The Morgan fingerprint density at radius 1 is 0.947 bits per heavy atom. The second kappa shape index (κ2) is 5.32. The highest BCUT2D eigenvalue weighted by molar-refractivity contribution is 6.31. The minimum atomic E-state index is -0.340. The molecule has 19 heavy (non-hydrogen) atoms. The molecule has 2 N–H and O–H groups in total. The Bertz CT molecular complexity index is 622. The normalized spacial score (nSPS) is 12.5. The second-order valence-corrected chi connectivity index (χ2v) is 5.34. The maximum absolute atomic E-state index is 13.1. The summed E-state index contributed by atoms with van der Waals surface area (Å²) in [4.78, 5) is 0. The molecule has 0 saturated carbocycles. The van der Waals surface area contributed by atoms with Gasteiger partial charge in [-0.3, -0.25) is 0 Å². The third-order valence-corrected chi connectivity index (χ3v) is 3.84. The number of benzene rings is 2. The standard InChI is InChI=1S/C16H17ClFN/c1-9-7-14(15(17)8-10(9)2)16(19)13-5-4-12(18)6-11(13)3/h4-8,16H,19H2,1-3H3. The van der Waals surface area contributed by atoms with E-state index < -0.39 is 0 Å². The van der Waals surface area contributed by atoms with Crippen molar-refractivity contribution in [1.82, 2.24) is 0 Å². The Labute approximate surface area is 118 Å². The summed E-state index contributed by atoms with van der Waals surface area (Å²) in [6, 6.07) is 8.23. The van der Waals surface area contributed by atoms with Gasteiger partial charge in [-0.25, -0.2) is 4.39 Å². The molecule has 0 heterocycles. The van der Waals surface area contributed by atoms with Gasteiger partial charge < -0.3 is 5.73 Å². The molecule has 1 unspecified atom stereocenters. The molecule has 0 saturated heterocycles. The zero-order valence-electron chi connectivity index (χ0n) is 11.3. The van der Waals surface area contributed by atoms with E-state index in [2.05, 4.69) is 0 Å². The van der Waals surface area contributed by atoms with Crippen molar-refractivity contribution < 1.29 is 4.39 Å². The second-order valence-electron chi connectivity index (χ2n) is 4.94. The predicted octanol–water partition coefficient (Wildman–Crippen LogP) is 4.45. The topological polar surface area (TPSA) is 26.0 Å². The van der Waals surface area contributed by atoms with Crippen LogP contribution in [0.4, 0.5) is 4.39 Å². The fraction of sp³-hybridized carbons (Fsp3) is 0.250. The van der Waals surface area contributed by atoms with Gasteiger partial charge in [0.25, 0.3) is 0 Å². The molecule has 2 rings (SSSR count). The number of aryl methyl sites for hydroxylation is 3. The van der Waals surface area contributed by atoms with E-state index in [0.29, 0.717) is 5.02 Å². The lowest BCUT2D eigenvalue weighted by Gasteiger charge is -2.18. The maximum Gasteiger partial charge on any atom is 0.123 e. The molecular formula is C16H17ClFN. The molecule has 0 aliphatic heterocycles. The molecule has 0 aliphatic rings. The Balaban J connectivity index is 2.49. The van der Waals surface area contributed by atoms with Crippen molar-refractivity contribution in [3.63, 3.8) is 0 Å². The van der Waals surface area contributed by atoms with E-state index in [-0.39, 0.29) is 11.9 Å². The van der Waals surface area contributed by atoms with Gasteiger partial charge in [0.1, 0.15) is 5.82 Å². The number of hydrogen-bond acceptors (Lipinski definition) is 1. The fourth-order valence-electron chi connectivity index (χ4n) is 2.20. The molecule has 0 aliphatic carbocycles. The Morgan fingerprint density at radius 2 is 1.58 bits per heavy atom. The average Bonchev–Trinajstić information content (AvgIpc) is 2.33. The van der Waals surface area contributed by atoms with E-state index in [1.807, 2.05) is 32.9 Å². The summed E-state index contributed by atoms with van der Waals surface area (Å²) < 4.78 is 13.1. The van der Waals surface area contributed by atoms with E-state index in [9.17, 15) is 4.39 Å². The summed E-state index contributed by atoms with van der Waals surface area (Å²) in [6.07, 6.45) is 0. The summed E-state index contributed by atoms with van der Waals surface area (Å²) in [7, 11) is 0. The largest absolute Gasteiger partial charge is 0.320 e. The van der Waals surface area contributed by atoms with Crippen LogP contribution in [0.3, 0.4) is 0 Å². The van der Waals surface area contributed by atoms with E-state index in [4.69, 9.17) is 17.3 Å². The number of rotatable bonds is 2. The molecule has 0 fully saturated rings. The van der Waals surface area contributed by atoms with Crippen LogP contribution in [0.1, 0.15) is 33.9 Å². The lowest BCUT2D eigenvalue weighted by atomic mass is 9.93. The first-order chi connectivity index (χ1) is 8.90. The number of halogens is 2. The highest BCUT2D eigenvalue weighted by Crippen LogP contribution is 2.30. The minimum absolute atomic E-state index is 0.250. The first kappa shape index (κ1) is 14.0. The molecule has 2 aromatic rings. The van der Waals surface area contributed by atoms with Crippen LogP contribution in [0.5, 0.6) is 0 Å². The van der Waals surface area contributed by atoms with Crippen molar-refractivity contribution in [1.29, 1.82) is 0 Å². The molecule has 1 nitrogen and oxygen atoms in total. The first-order valence-corrected chi connectivity index (χ1v) is 6.56. The van der Waals surface area contributed by atoms with Crippen LogP contribution in [0.2, 0.25) is 5.02 Å². The van der Waals surface area contributed by atoms with E-state index in [1.54, 1.807) is 6.07 Å². The monoisotopic (exact) mass is 277 g/mol. The quantitative estimate of drug-likeness (QED) is 0.862.